The van der Waals surface area contributed by atoms with Gasteiger partial charge in [0.15, 0.2) is 0 Å². The van der Waals surface area contributed by atoms with Crippen LogP contribution in [0, 0.1) is 13.8 Å². The number of rotatable bonds is 11. The molecule has 0 aliphatic rings. The first-order valence-corrected chi connectivity index (χ1v) is 9.56. The maximum absolute atomic E-state index is 5.94. The number of allylic oxidation sites excluding steroid dienone is 1. The van der Waals surface area contributed by atoms with Crippen LogP contribution in [0.5, 0.6) is 17.5 Å². The summed E-state index contributed by atoms with van der Waals surface area (Å²) in [5, 5.41) is 3.85. The smallest absolute Gasteiger partial charge is 0.316 e. The van der Waals surface area contributed by atoms with E-state index in [0.29, 0.717) is 38.0 Å². The molecule has 29 heavy (non-hydrogen) atoms. The van der Waals surface area contributed by atoms with Crippen LogP contribution in [0.3, 0.4) is 0 Å². The summed E-state index contributed by atoms with van der Waals surface area (Å²) in [6, 6.07) is 4.31. The molecule has 0 radical (unpaired) electrons. The summed E-state index contributed by atoms with van der Waals surface area (Å²) in [4.78, 5) is 13.1. The maximum atomic E-state index is 5.94. The number of hydrogen-bond acceptors (Lipinski definition) is 7. The lowest BCUT2D eigenvalue weighted by Gasteiger charge is -2.14. The van der Waals surface area contributed by atoms with Gasteiger partial charge in [0.1, 0.15) is 25.2 Å². The number of aryl methyl sites for hydroxylation is 2. The van der Waals surface area contributed by atoms with Crippen LogP contribution in [0.1, 0.15) is 37.0 Å². The van der Waals surface area contributed by atoms with Gasteiger partial charge in [-0.25, -0.2) is 9.97 Å². The lowest BCUT2D eigenvalue weighted by molar-refractivity contribution is 0.213. The van der Waals surface area contributed by atoms with Crippen molar-refractivity contribution in [3.8, 4) is 17.5 Å². The number of hydrogen-bond donors (Lipinski definition) is 0. The predicted octanol–water partition coefficient (Wildman–Crippen LogP) is 4.27. The summed E-state index contributed by atoms with van der Waals surface area (Å²) in [6.07, 6.45) is 7.97. The van der Waals surface area contributed by atoms with Crippen LogP contribution in [0.15, 0.2) is 41.8 Å². The zero-order valence-electron chi connectivity index (χ0n) is 17.8. The summed E-state index contributed by atoms with van der Waals surface area (Å²) in [7, 11) is 1.50. The summed E-state index contributed by atoms with van der Waals surface area (Å²) >= 11 is 0. The van der Waals surface area contributed by atoms with Gasteiger partial charge < -0.3 is 19.0 Å². The Balaban J connectivity index is 1.78. The topological polar surface area (TPSA) is 75.1 Å². The highest BCUT2D eigenvalue weighted by atomic mass is 16.6. The molecular formula is C22H29N3O4. The van der Waals surface area contributed by atoms with Gasteiger partial charge in [0.25, 0.3) is 0 Å². The average Bonchev–Trinajstić information content (AvgIpc) is 2.70. The summed E-state index contributed by atoms with van der Waals surface area (Å²) in [5.74, 6) is 1.73. The first kappa shape index (κ1) is 22.2. The van der Waals surface area contributed by atoms with Crippen LogP contribution in [-0.2, 0) is 4.84 Å². The van der Waals surface area contributed by atoms with E-state index >= 15 is 0 Å². The third-order valence-corrected chi connectivity index (χ3v) is 4.06. The molecule has 1 aromatic carbocycles. The summed E-state index contributed by atoms with van der Waals surface area (Å²) in [6.45, 7) is 9.41. The van der Waals surface area contributed by atoms with Crippen molar-refractivity contribution in [1.29, 1.82) is 0 Å². The molecule has 0 saturated heterocycles. The Bertz CT molecular complexity index is 809. The van der Waals surface area contributed by atoms with Gasteiger partial charge in [-0.1, -0.05) is 17.3 Å². The lowest BCUT2D eigenvalue weighted by Crippen LogP contribution is -2.08. The van der Waals surface area contributed by atoms with Crippen molar-refractivity contribution in [3.05, 3.63) is 53.4 Å². The fourth-order valence-electron chi connectivity index (χ4n) is 2.63. The van der Waals surface area contributed by atoms with Crippen LogP contribution in [-0.4, -0.2) is 42.6 Å². The van der Waals surface area contributed by atoms with E-state index in [1.807, 2.05) is 52.0 Å². The van der Waals surface area contributed by atoms with Crippen LogP contribution in [0.25, 0.3) is 0 Å². The van der Waals surface area contributed by atoms with E-state index in [-0.39, 0.29) is 0 Å². The minimum absolute atomic E-state index is 0.328. The molecule has 1 heterocycles. The van der Waals surface area contributed by atoms with Gasteiger partial charge >= 0.3 is 6.01 Å². The van der Waals surface area contributed by atoms with E-state index < -0.39 is 0 Å². The molecule has 0 N–H and O–H groups in total. The second-order valence-corrected chi connectivity index (χ2v) is 6.43. The lowest BCUT2D eigenvalue weighted by atomic mass is 10.1. The van der Waals surface area contributed by atoms with Crippen LogP contribution >= 0.6 is 0 Å². The fourth-order valence-corrected chi connectivity index (χ4v) is 2.63. The first-order valence-electron chi connectivity index (χ1n) is 9.56. The van der Waals surface area contributed by atoms with Crippen molar-refractivity contribution in [2.24, 2.45) is 5.16 Å². The molecule has 2 aromatic rings. The highest BCUT2D eigenvalue weighted by Gasteiger charge is 2.08. The fraction of sp³-hybridized carbons (Fsp3) is 0.409. The van der Waals surface area contributed by atoms with E-state index in [4.69, 9.17) is 19.0 Å². The van der Waals surface area contributed by atoms with Gasteiger partial charge in [-0.3, -0.25) is 0 Å². The molecule has 0 unspecified atom stereocenters. The van der Waals surface area contributed by atoms with Gasteiger partial charge in [0.05, 0.1) is 18.9 Å². The van der Waals surface area contributed by atoms with Crippen LogP contribution in [0.4, 0.5) is 0 Å². The highest BCUT2D eigenvalue weighted by Crippen LogP contribution is 2.28. The minimum atomic E-state index is 0.328. The normalized spacial score (nSPS) is 11.6. The monoisotopic (exact) mass is 399 g/mol. The van der Waals surface area contributed by atoms with Gasteiger partial charge in [0.2, 0.25) is 0 Å². The second kappa shape index (κ2) is 11.7. The Kier molecular flexibility index (Phi) is 8.95. The van der Waals surface area contributed by atoms with Crippen molar-refractivity contribution in [3.63, 3.8) is 0 Å². The molecule has 7 nitrogen and oxygen atoms in total. The minimum Gasteiger partial charge on any atom is -0.493 e. The third-order valence-electron chi connectivity index (χ3n) is 4.06. The van der Waals surface area contributed by atoms with E-state index in [9.17, 15) is 0 Å². The van der Waals surface area contributed by atoms with Crippen LogP contribution in [0.2, 0.25) is 0 Å². The van der Waals surface area contributed by atoms with Gasteiger partial charge in [-0.2, -0.15) is 0 Å². The zero-order chi connectivity index (χ0) is 21.1. The molecule has 0 aliphatic carbocycles. The molecule has 1 aromatic heterocycles. The molecule has 2 rings (SSSR count). The molecule has 0 atom stereocenters. The van der Waals surface area contributed by atoms with Crippen molar-refractivity contribution in [2.75, 3.05) is 26.9 Å². The maximum Gasteiger partial charge on any atom is 0.316 e. The number of ether oxygens (including phenoxy) is 3. The zero-order valence-corrected chi connectivity index (χ0v) is 17.8. The highest BCUT2D eigenvalue weighted by molar-refractivity contribution is 5.97. The second-order valence-electron chi connectivity index (χ2n) is 6.43. The Morgan fingerprint density at radius 3 is 2.31 bits per heavy atom. The number of benzene rings is 1. The van der Waals surface area contributed by atoms with E-state index in [1.165, 1.54) is 7.11 Å². The largest absolute Gasteiger partial charge is 0.493 e. The first-order chi connectivity index (χ1) is 14.0. The predicted molar refractivity (Wildman–Crippen MR) is 113 cm³/mol. The molecule has 0 bridgehead atoms. The number of aromatic nitrogens is 2. The number of nitrogens with zero attached hydrogens (tertiary/aromatic N) is 3. The Labute approximate surface area is 172 Å². The van der Waals surface area contributed by atoms with Gasteiger partial charge in [0, 0.05) is 24.4 Å². The average molecular weight is 399 g/mol. The molecular weight excluding hydrogens is 370 g/mol. The molecule has 0 fully saturated rings. The van der Waals surface area contributed by atoms with Crippen molar-refractivity contribution >= 4 is 5.71 Å². The van der Waals surface area contributed by atoms with E-state index in [1.54, 1.807) is 12.4 Å². The molecule has 156 valence electrons. The SMILES string of the molecule is C/C=C/COc1cc(C)c(OCCCOc2ncc(/C(C)=N/OC)cn2)c(C)c1. The van der Waals surface area contributed by atoms with Crippen LogP contribution < -0.4 is 14.2 Å². The number of oxime groups is 1. The molecule has 0 spiro atoms. The molecule has 7 heteroatoms. The van der Waals surface area contributed by atoms with E-state index in [0.717, 1.165) is 28.2 Å². The van der Waals surface area contributed by atoms with Gasteiger partial charge in [-0.05, 0) is 51.0 Å². The molecule has 0 aliphatic heterocycles. The Hall–Kier alpha value is -3.09. The quantitative estimate of drug-likeness (QED) is 0.243. The van der Waals surface area contributed by atoms with Crippen molar-refractivity contribution < 1.29 is 19.0 Å². The van der Waals surface area contributed by atoms with Crippen molar-refractivity contribution in [2.45, 2.75) is 34.1 Å². The standard InChI is InChI=1S/C22H29N3O4/c1-6-7-9-27-20-12-16(2)21(17(3)13-20)28-10-8-11-29-22-23-14-19(15-24-22)18(4)25-26-5/h6-7,12-15H,8-11H2,1-5H3/b7-6+,25-18+. The third kappa shape index (κ3) is 7.10. The Morgan fingerprint density at radius 2 is 1.69 bits per heavy atom. The molecule has 0 amide bonds. The van der Waals surface area contributed by atoms with Gasteiger partial charge in [-0.15, -0.1) is 0 Å². The van der Waals surface area contributed by atoms with Crippen molar-refractivity contribution in [1.82, 2.24) is 9.97 Å². The summed E-state index contributed by atoms with van der Waals surface area (Å²) < 4.78 is 17.2. The van der Waals surface area contributed by atoms with E-state index in [2.05, 4.69) is 15.1 Å². The Morgan fingerprint density at radius 1 is 1.03 bits per heavy atom. The summed E-state index contributed by atoms with van der Waals surface area (Å²) in [5.41, 5.74) is 3.59. The molecule has 0 saturated carbocycles.